The van der Waals surface area contributed by atoms with Crippen molar-refractivity contribution >= 4 is 28.8 Å². The number of aryl methyl sites for hydroxylation is 1. The summed E-state index contributed by atoms with van der Waals surface area (Å²) in [5.74, 6) is -0.0972. The summed E-state index contributed by atoms with van der Waals surface area (Å²) in [5.41, 5.74) is 4.40. The summed E-state index contributed by atoms with van der Waals surface area (Å²) in [6.45, 7) is 3.45. The van der Waals surface area contributed by atoms with Crippen molar-refractivity contribution in [1.82, 2.24) is 9.38 Å². The summed E-state index contributed by atoms with van der Waals surface area (Å²) in [7, 11) is 0. The molecular weight excluding hydrogens is 286 g/mol. The molecule has 0 bridgehead atoms. The standard InChI is InChI=1S/C16H14ClN3O/c1-10-3-4-12(7-14(10)17)15-9-20-8-13(18-11(2)21)5-6-16(20)19-15/h3-9H,1-2H3,(H,18,21). The highest BCUT2D eigenvalue weighted by atomic mass is 35.5. The van der Waals surface area contributed by atoms with Gasteiger partial charge >= 0.3 is 0 Å². The Morgan fingerprint density at radius 1 is 1.24 bits per heavy atom. The maximum Gasteiger partial charge on any atom is 0.221 e. The van der Waals surface area contributed by atoms with Crippen molar-refractivity contribution in [1.29, 1.82) is 0 Å². The van der Waals surface area contributed by atoms with Crippen LogP contribution in [0.15, 0.2) is 42.7 Å². The van der Waals surface area contributed by atoms with Crippen molar-refractivity contribution in [3.63, 3.8) is 0 Å². The van der Waals surface area contributed by atoms with Crippen LogP contribution in [0, 0.1) is 6.92 Å². The fraction of sp³-hybridized carbons (Fsp3) is 0.125. The highest BCUT2D eigenvalue weighted by molar-refractivity contribution is 6.31. The number of imidazole rings is 1. The van der Waals surface area contributed by atoms with Gasteiger partial charge in [0.25, 0.3) is 0 Å². The zero-order chi connectivity index (χ0) is 15.0. The van der Waals surface area contributed by atoms with Gasteiger partial charge in [0.1, 0.15) is 5.65 Å². The van der Waals surface area contributed by atoms with E-state index in [2.05, 4.69) is 10.3 Å². The largest absolute Gasteiger partial charge is 0.325 e. The number of amides is 1. The van der Waals surface area contributed by atoms with Crippen molar-refractivity contribution < 1.29 is 4.79 Å². The molecule has 1 N–H and O–H groups in total. The Morgan fingerprint density at radius 3 is 2.76 bits per heavy atom. The highest BCUT2D eigenvalue weighted by Gasteiger charge is 2.07. The van der Waals surface area contributed by atoms with E-state index in [0.717, 1.165) is 33.2 Å². The zero-order valence-corrected chi connectivity index (χ0v) is 12.5. The highest BCUT2D eigenvalue weighted by Crippen LogP contribution is 2.25. The molecule has 0 aliphatic heterocycles. The average Bonchev–Trinajstić information content (AvgIpc) is 2.84. The van der Waals surface area contributed by atoms with Crippen LogP contribution in [-0.2, 0) is 4.79 Å². The Labute approximate surface area is 127 Å². The van der Waals surface area contributed by atoms with E-state index in [9.17, 15) is 4.79 Å². The number of pyridine rings is 1. The number of carbonyl (C=O) groups excluding carboxylic acids is 1. The van der Waals surface area contributed by atoms with Crippen LogP contribution in [0.5, 0.6) is 0 Å². The van der Waals surface area contributed by atoms with Crippen molar-refractivity contribution in [3.8, 4) is 11.3 Å². The molecule has 3 rings (SSSR count). The van der Waals surface area contributed by atoms with E-state index in [1.54, 1.807) is 0 Å². The summed E-state index contributed by atoms with van der Waals surface area (Å²) >= 11 is 6.16. The van der Waals surface area contributed by atoms with Crippen LogP contribution >= 0.6 is 11.6 Å². The Morgan fingerprint density at radius 2 is 2.05 bits per heavy atom. The van der Waals surface area contributed by atoms with Gasteiger partial charge in [-0.2, -0.15) is 0 Å². The first kappa shape index (κ1) is 13.6. The van der Waals surface area contributed by atoms with Gasteiger partial charge in [-0.25, -0.2) is 4.98 Å². The number of halogens is 1. The van der Waals surface area contributed by atoms with Gasteiger partial charge in [0.2, 0.25) is 5.91 Å². The minimum atomic E-state index is -0.0972. The first-order valence-electron chi connectivity index (χ1n) is 6.56. The van der Waals surface area contributed by atoms with Gasteiger partial charge in [0.15, 0.2) is 0 Å². The molecule has 2 heterocycles. The van der Waals surface area contributed by atoms with Crippen molar-refractivity contribution in [2.45, 2.75) is 13.8 Å². The first-order valence-corrected chi connectivity index (χ1v) is 6.93. The fourth-order valence-corrected chi connectivity index (χ4v) is 2.34. The quantitative estimate of drug-likeness (QED) is 0.779. The van der Waals surface area contributed by atoms with Gasteiger partial charge in [0.05, 0.1) is 11.4 Å². The first-order chi connectivity index (χ1) is 10.0. The second-order valence-electron chi connectivity index (χ2n) is 4.95. The second-order valence-corrected chi connectivity index (χ2v) is 5.36. The Balaban J connectivity index is 2.04. The predicted octanol–water partition coefficient (Wildman–Crippen LogP) is 3.92. The molecule has 0 atom stereocenters. The van der Waals surface area contributed by atoms with E-state index >= 15 is 0 Å². The minimum Gasteiger partial charge on any atom is -0.325 e. The summed E-state index contributed by atoms with van der Waals surface area (Å²) in [6, 6.07) is 9.58. The lowest BCUT2D eigenvalue weighted by Gasteiger charge is -2.01. The number of nitrogens with one attached hydrogen (secondary N) is 1. The van der Waals surface area contributed by atoms with Crippen LogP contribution in [0.25, 0.3) is 16.9 Å². The second kappa shape index (κ2) is 5.22. The Kier molecular flexibility index (Phi) is 3.39. The molecule has 0 aliphatic carbocycles. The molecule has 5 heteroatoms. The van der Waals surface area contributed by atoms with E-state index in [-0.39, 0.29) is 5.91 Å². The van der Waals surface area contributed by atoms with Gasteiger partial charge in [-0.3, -0.25) is 4.79 Å². The van der Waals surface area contributed by atoms with E-state index in [1.807, 2.05) is 54.0 Å². The van der Waals surface area contributed by atoms with Crippen molar-refractivity contribution in [3.05, 3.63) is 53.3 Å². The maximum absolute atomic E-state index is 11.1. The van der Waals surface area contributed by atoms with Crippen LogP contribution in [-0.4, -0.2) is 15.3 Å². The SMILES string of the molecule is CC(=O)Nc1ccc2nc(-c3ccc(C)c(Cl)c3)cn2c1. The van der Waals surface area contributed by atoms with Gasteiger partial charge in [-0.05, 0) is 30.7 Å². The Hall–Kier alpha value is -2.33. The molecule has 2 aromatic heterocycles. The number of fused-ring (bicyclic) bond motifs is 1. The molecule has 1 amide bonds. The molecule has 1 aromatic carbocycles. The van der Waals surface area contributed by atoms with Crippen LogP contribution in [0.2, 0.25) is 5.02 Å². The topological polar surface area (TPSA) is 46.4 Å². The lowest BCUT2D eigenvalue weighted by Crippen LogP contribution is -2.06. The smallest absolute Gasteiger partial charge is 0.221 e. The average molecular weight is 300 g/mol. The Bertz CT molecular complexity index is 839. The van der Waals surface area contributed by atoms with Crippen LogP contribution in [0.4, 0.5) is 5.69 Å². The summed E-state index contributed by atoms with van der Waals surface area (Å²) in [6.07, 6.45) is 3.75. The molecule has 21 heavy (non-hydrogen) atoms. The molecule has 0 radical (unpaired) electrons. The van der Waals surface area contributed by atoms with E-state index < -0.39 is 0 Å². The fourth-order valence-electron chi connectivity index (χ4n) is 2.16. The molecule has 0 spiro atoms. The molecule has 0 saturated heterocycles. The minimum absolute atomic E-state index is 0.0972. The predicted molar refractivity (Wildman–Crippen MR) is 84.7 cm³/mol. The number of rotatable bonds is 2. The number of hydrogen-bond donors (Lipinski definition) is 1. The third-order valence-corrected chi connectivity index (χ3v) is 3.65. The molecule has 0 saturated carbocycles. The van der Waals surface area contributed by atoms with Crippen LogP contribution in [0.3, 0.4) is 0 Å². The van der Waals surface area contributed by atoms with Gasteiger partial charge in [-0.1, -0.05) is 23.7 Å². The normalized spacial score (nSPS) is 10.8. The zero-order valence-electron chi connectivity index (χ0n) is 11.7. The van der Waals surface area contributed by atoms with Crippen molar-refractivity contribution in [2.24, 2.45) is 0 Å². The summed E-state index contributed by atoms with van der Waals surface area (Å²) < 4.78 is 1.88. The molecule has 3 aromatic rings. The molecule has 0 unspecified atom stereocenters. The van der Waals surface area contributed by atoms with Crippen LogP contribution < -0.4 is 5.32 Å². The number of carbonyl (C=O) groups is 1. The molecule has 0 aliphatic rings. The maximum atomic E-state index is 11.1. The van der Waals surface area contributed by atoms with Gasteiger partial charge < -0.3 is 9.72 Å². The number of anilines is 1. The summed E-state index contributed by atoms with van der Waals surface area (Å²) in [5, 5.41) is 3.48. The number of aromatic nitrogens is 2. The number of benzene rings is 1. The summed E-state index contributed by atoms with van der Waals surface area (Å²) in [4.78, 5) is 15.7. The van der Waals surface area contributed by atoms with Gasteiger partial charge in [0, 0.05) is 29.9 Å². The molecular formula is C16H14ClN3O. The van der Waals surface area contributed by atoms with Crippen LogP contribution in [0.1, 0.15) is 12.5 Å². The van der Waals surface area contributed by atoms with E-state index in [1.165, 1.54) is 6.92 Å². The van der Waals surface area contributed by atoms with E-state index in [4.69, 9.17) is 11.6 Å². The van der Waals surface area contributed by atoms with Crippen molar-refractivity contribution in [2.75, 3.05) is 5.32 Å². The number of nitrogens with zero attached hydrogens (tertiary/aromatic N) is 2. The third kappa shape index (κ3) is 2.76. The molecule has 4 nitrogen and oxygen atoms in total. The van der Waals surface area contributed by atoms with Gasteiger partial charge in [-0.15, -0.1) is 0 Å². The lowest BCUT2D eigenvalue weighted by molar-refractivity contribution is -0.114. The molecule has 0 fully saturated rings. The third-order valence-electron chi connectivity index (χ3n) is 3.24. The molecule has 106 valence electrons. The monoisotopic (exact) mass is 299 g/mol. The lowest BCUT2D eigenvalue weighted by atomic mass is 10.1. The van der Waals surface area contributed by atoms with E-state index in [0.29, 0.717) is 0 Å². The number of hydrogen-bond acceptors (Lipinski definition) is 2.